The molecule has 1 aliphatic rings. The van der Waals surface area contributed by atoms with Crippen LogP contribution in [0.25, 0.3) is 0 Å². The zero-order valence-electron chi connectivity index (χ0n) is 7.33. The van der Waals surface area contributed by atoms with Gasteiger partial charge in [0.15, 0.2) is 0 Å². The smallest absolute Gasteiger partial charge is 0.265 e. The lowest BCUT2D eigenvalue weighted by Crippen LogP contribution is -2.30. The van der Waals surface area contributed by atoms with E-state index in [9.17, 15) is 9.59 Å². The van der Waals surface area contributed by atoms with Crippen molar-refractivity contribution in [3.8, 4) is 0 Å². The molecule has 0 unspecified atom stereocenters. The topological polar surface area (TPSA) is 57.6 Å². The SMILES string of the molecule is O=C1c2ccc(Cl)c(Cl)c2C(=O)N1CO. The van der Waals surface area contributed by atoms with Crippen LogP contribution in [0.4, 0.5) is 0 Å². The maximum absolute atomic E-state index is 11.6. The first-order valence-electron chi connectivity index (χ1n) is 4.03. The molecule has 6 heteroatoms. The molecular formula is C9H5Cl2NO3. The predicted molar refractivity (Wildman–Crippen MR) is 54.0 cm³/mol. The van der Waals surface area contributed by atoms with Gasteiger partial charge < -0.3 is 5.11 Å². The molecule has 0 saturated carbocycles. The number of amides is 2. The second-order valence-electron chi connectivity index (χ2n) is 2.96. The van der Waals surface area contributed by atoms with Crippen molar-refractivity contribution in [1.29, 1.82) is 0 Å². The summed E-state index contributed by atoms with van der Waals surface area (Å²) in [7, 11) is 0. The van der Waals surface area contributed by atoms with Gasteiger partial charge in [0.25, 0.3) is 11.8 Å². The molecule has 4 nitrogen and oxygen atoms in total. The number of fused-ring (bicyclic) bond motifs is 1. The van der Waals surface area contributed by atoms with Gasteiger partial charge in [-0.15, -0.1) is 0 Å². The highest BCUT2D eigenvalue weighted by Crippen LogP contribution is 2.33. The lowest BCUT2D eigenvalue weighted by molar-refractivity contribution is 0.0490. The molecule has 1 aromatic rings. The summed E-state index contributed by atoms with van der Waals surface area (Å²) in [6.45, 7) is -0.666. The average molecular weight is 246 g/mol. The number of carbonyl (C=O) groups excluding carboxylic acids is 2. The van der Waals surface area contributed by atoms with Crippen LogP contribution in [0.1, 0.15) is 20.7 Å². The number of aliphatic hydroxyl groups excluding tert-OH is 1. The second kappa shape index (κ2) is 3.48. The Kier molecular flexibility index (Phi) is 2.42. The van der Waals surface area contributed by atoms with Crippen LogP contribution in [-0.4, -0.2) is 28.6 Å². The number of rotatable bonds is 1. The van der Waals surface area contributed by atoms with Gasteiger partial charge in [-0.3, -0.25) is 14.5 Å². The minimum atomic E-state index is -0.666. The van der Waals surface area contributed by atoms with Gasteiger partial charge in [-0.2, -0.15) is 0 Å². The van der Waals surface area contributed by atoms with Crippen LogP contribution in [0.5, 0.6) is 0 Å². The van der Waals surface area contributed by atoms with Gasteiger partial charge in [-0.05, 0) is 12.1 Å². The van der Waals surface area contributed by atoms with Gasteiger partial charge in [-0.25, -0.2) is 0 Å². The molecule has 1 aromatic carbocycles. The molecule has 0 bridgehead atoms. The molecule has 0 radical (unpaired) electrons. The van der Waals surface area contributed by atoms with Crippen LogP contribution in [0.15, 0.2) is 12.1 Å². The molecule has 0 saturated heterocycles. The van der Waals surface area contributed by atoms with Crippen molar-refractivity contribution in [1.82, 2.24) is 4.90 Å². The fraction of sp³-hybridized carbons (Fsp3) is 0.111. The highest BCUT2D eigenvalue weighted by atomic mass is 35.5. The third kappa shape index (κ3) is 1.33. The van der Waals surface area contributed by atoms with E-state index >= 15 is 0 Å². The second-order valence-corrected chi connectivity index (χ2v) is 3.75. The minimum absolute atomic E-state index is 0.0449. The Morgan fingerprint density at radius 2 is 1.87 bits per heavy atom. The van der Waals surface area contributed by atoms with Crippen LogP contribution in [0.3, 0.4) is 0 Å². The Bertz CT molecular complexity index is 473. The summed E-state index contributed by atoms with van der Waals surface area (Å²) in [6, 6.07) is 2.86. The summed E-state index contributed by atoms with van der Waals surface area (Å²) in [5.74, 6) is -1.18. The van der Waals surface area contributed by atoms with Gasteiger partial charge in [0.2, 0.25) is 0 Å². The minimum Gasteiger partial charge on any atom is -0.376 e. The van der Waals surface area contributed by atoms with E-state index in [0.717, 1.165) is 0 Å². The fourth-order valence-corrected chi connectivity index (χ4v) is 1.84. The average Bonchev–Trinajstić information content (AvgIpc) is 2.45. The Morgan fingerprint density at radius 3 is 2.47 bits per heavy atom. The molecule has 0 aliphatic carbocycles. The molecule has 0 fully saturated rings. The molecule has 1 N–H and O–H groups in total. The summed E-state index contributed by atoms with van der Waals surface area (Å²) < 4.78 is 0. The number of halogens is 2. The molecule has 15 heavy (non-hydrogen) atoms. The first-order valence-corrected chi connectivity index (χ1v) is 4.78. The van der Waals surface area contributed by atoms with Crippen molar-refractivity contribution in [3.05, 3.63) is 33.3 Å². The normalized spacial score (nSPS) is 14.7. The number of nitrogens with zero attached hydrogens (tertiary/aromatic N) is 1. The van der Waals surface area contributed by atoms with Crippen LogP contribution >= 0.6 is 23.2 Å². The van der Waals surface area contributed by atoms with Crippen LogP contribution in [0, 0.1) is 0 Å². The molecule has 2 amide bonds. The number of aliphatic hydroxyl groups is 1. The van der Waals surface area contributed by atoms with Gasteiger partial charge in [0, 0.05) is 0 Å². The Balaban J connectivity index is 2.68. The predicted octanol–water partition coefficient (Wildman–Crippen LogP) is 1.54. The molecule has 2 rings (SSSR count). The van der Waals surface area contributed by atoms with E-state index < -0.39 is 18.5 Å². The van der Waals surface area contributed by atoms with Gasteiger partial charge in [0.1, 0.15) is 6.73 Å². The Morgan fingerprint density at radius 1 is 1.20 bits per heavy atom. The fourth-order valence-electron chi connectivity index (χ4n) is 1.44. The zero-order valence-corrected chi connectivity index (χ0v) is 8.84. The van der Waals surface area contributed by atoms with Gasteiger partial charge >= 0.3 is 0 Å². The van der Waals surface area contributed by atoms with Crippen molar-refractivity contribution in [3.63, 3.8) is 0 Å². The van der Waals surface area contributed by atoms with E-state index in [2.05, 4.69) is 0 Å². The van der Waals surface area contributed by atoms with E-state index in [0.29, 0.717) is 4.90 Å². The maximum Gasteiger partial charge on any atom is 0.265 e. The molecule has 0 spiro atoms. The molecular weight excluding hydrogens is 241 g/mol. The number of hydrogen-bond acceptors (Lipinski definition) is 3. The van der Waals surface area contributed by atoms with Crippen LogP contribution in [-0.2, 0) is 0 Å². The van der Waals surface area contributed by atoms with Crippen LogP contribution < -0.4 is 0 Å². The van der Waals surface area contributed by atoms with Gasteiger partial charge in [0.05, 0.1) is 21.2 Å². The maximum atomic E-state index is 11.6. The molecule has 1 aliphatic heterocycles. The summed E-state index contributed by atoms with van der Waals surface area (Å²) >= 11 is 11.5. The van der Waals surface area contributed by atoms with Crippen molar-refractivity contribution in [2.45, 2.75) is 0 Å². The van der Waals surface area contributed by atoms with Crippen molar-refractivity contribution < 1.29 is 14.7 Å². The molecule has 78 valence electrons. The Hall–Kier alpha value is -1.10. The van der Waals surface area contributed by atoms with E-state index in [1.807, 2.05) is 0 Å². The molecule has 1 heterocycles. The number of carbonyl (C=O) groups is 2. The first-order chi connectivity index (χ1) is 7.07. The molecule has 0 aromatic heterocycles. The summed E-state index contributed by atoms with van der Waals surface area (Å²) in [4.78, 5) is 23.9. The van der Waals surface area contributed by atoms with E-state index in [-0.39, 0.29) is 21.2 Å². The number of imide groups is 1. The molecule has 0 atom stereocenters. The monoisotopic (exact) mass is 245 g/mol. The van der Waals surface area contributed by atoms with E-state index in [4.69, 9.17) is 28.3 Å². The number of hydrogen-bond donors (Lipinski definition) is 1. The van der Waals surface area contributed by atoms with Gasteiger partial charge in [-0.1, -0.05) is 23.2 Å². The first kappa shape index (κ1) is 10.4. The third-order valence-electron chi connectivity index (χ3n) is 2.17. The quantitative estimate of drug-likeness (QED) is 0.764. The Labute approximate surface area is 95.0 Å². The van der Waals surface area contributed by atoms with E-state index in [1.54, 1.807) is 0 Å². The van der Waals surface area contributed by atoms with Crippen LogP contribution in [0.2, 0.25) is 10.0 Å². The largest absolute Gasteiger partial charge is 0.376 e. The highest BCUT2D eigenvalue weighted by molar-refractivity contribution is 6.45. The zero-order chi connectivity index (χ0) is 11.2. The summed E-state index contributed by atoms with van der Waals surface area (Å²) in [6.07, 6.45) is 0. The van der Waals surface area contributed by atoms with Crippen molar-refractivity contribution in [2.24, 2.45) is 0 Å². The number of benzene rings is 1. The van der Waals surface area contributed by atoms with Crippen molar-refractivity contribution in [2.75, 3.05) is 6.73 Å². The third-order valence-corrected chi connectivity index (χ3v) is 2.98. The lowest BCUT2D eigenvalue weighted by Gasteiger charge is -2.07. The lowest BCUT2D eigenvalue weighted by atomic mass is 10.1. The summed E-state index contributed by atoms with van der Waals surface area (Å²) in [5, 5.41) is 9.10. The summed E-state index contributed by atoms with van der Waals surface area (Å²) in [5.41, 5.74) is 0.228. The highest BCUT2D eigenvalue weighted by Gasteiger charge is 2.37. The van der Waals surface area contributed by atoms with Crippen molar-refractivity contribution >= 4 is 35.0 Å². The standard InChI is InChI=1S/C9H5Cl2NO3/c10-5-2-1-4-6(7(5)11)9(15)12(3-13)8(4)14/h1-2,13H,3H2. The van der Waals surface area contributed by atoms with E-state index in [1.165, 1.54) is 12.1 Å².